The van der Waals surface area contributed by atoms with Crippen LogP contribution in [0.1, 0.15) is 27.8 Å². The van der Waals surface area contributed by atoms with Gasteiger partial charge < -0.3 is 0 Å². The molecule has 0 aliphatic carbocycles. The molecule has 41 heavy (non-hydrogen) atoms. The normalized spacial score (nSPS) is 11.2. The minimum atomic E-state index is 0.829. The van der Waals surface area contributed by atoms with Crippen LogP contribution in [0.25, 0.3) is 65.5 Å². The van der Waals surface area contributed by atoms with E-state index < -0.39 is 0 Å². The van der Waals surface area contributed by atoms with Crippen LogP contribution < -0.4 is 0 Å². The van der Waals surface area contributed by atoms with E-state index in [1.165, 1.54) is 27.7 Å². The van der Waals surface area contributed by atoms with E-state index in [1.54, 1.807) is 22.7 Å². The highest BCUT2D eigenvalue weighted by Crippen LogP contribution is 2.46. The second-order valence-electron chi connectivity index (χ2n) is 10.0. The first-order chi connectivity index (χ1) is 20.0. The molecule has 0 radical (unpaired) electrons. The first kappa shape index (κ1) is 25.7. The van der Waals surface area contributed by atoms with Crippen molar-refractivity contribution in [1.29, 1.82) is 0 Å². The molecule has 0 saturated carbocycles. The molecule has 7 aromatic rings. The topological polar surface area (TPSA) is 51.6 Å². The molecule has 4 heterocycles. The quantitative estimate of drug-likeness (QED) is 0.193. The van der Waals surface area contributed by atoms with Crippen molar-refractivity contribution in [3.63, 3.8) is 0 Å². The molecule has 0 N–H and O–H groups in total. The number of rotatable bonds is 4. The summed E-state index contributed by atoms with van der Waals surface area (Å²) in [6.07, 6.45) is 0. The first-order valence-electron chi connectivity index (χ1n) is 13.2. The highest BCUT2D eigenvalue weighted by molar-refractivity contribution is 7.16. The summed E-state index contributed by atoms with van der Waals surface area (Å²) in [5.74, 6) is 6.23. The lowest BCUT2D eigenvalue weighted by molar-refractivity contribution is 1.29. The molecule has 0 saturated heterocycles. The lowest BCUT2D eigenvalue weighted by Gasteiger charge is -2.15. The third kappa shape index (κ3) is 4.54. The van der Waals surface area contributed by atoms with E-state index in [1.807, 2.05) is 6.92 Å². The van der Waals surface area contributed by atoms with E-state index >= 15 is 0 Å². The van der Waals surface area contributed by atoms with Crippen molar-refractivity contribution >= 4 is 56.5 Å². The third-order valence-corrected chi connectivity index (χ3v) is 9.63. The Morgan fingerprint density at radius 3 is 1.56 bits per heavy atom. The Kier molecular flexibility index (Phi) is 6.47. The van der Waals surface area contributed by atoms with Gasteiger partial charge in [-0.2, -0.15) is 8.75 Å². The summed E-state index contributed by atoms with van der Waals surface area (Å²) in [4.78, 5) is 15.4. The molecule has 7 rings (SSSR count). The predicted octanol–water partition coefficient (Wildman–Crippen LogP) is 9.72. The average Bonchev–Trinajstić information content (AvgIpc) is 3.74. The van der Waals surface area contributed by atoms with Crippen molar-refractivity contribution in [2.45, 2.75) is 27.7 Å². The number of hydrogen-bond acceptors (Lipinski definition) is 7. The summed E-state index contributed by atoms with van der Waals surface area (Å²) in [7, 11) is 0. The van der Waals surface area contributed by atoms with Gasteiger partial charge in [-0.15, -0.1) is 28.6 Å². The Morgan fingerprint density at radius 1 is 0.561 bits per heavy atom. The van der Waals surface area contributed by atoms with Crippen molar-refractivity contribution < 1.29 is 0 Å². The number of hydrogen-bond donors (Lipinski definition) is 0. The van der Waals surface area contributed by atoms with Gasteiger partial charge in [-0.1, -0.05) is 65.6 Å². The SMILES string of the molecule is CC#Cc1ccc(-c2c3nsnc3c(-c3ccc(C)s3)c3nc(-c4ccc(C)cc4)c(-c4ccc(C)cc4)nc23)s1. The summed E-state index contributed by atoms with van der Waals surface area (Å²) in [5.41, 5.74) is 11.5. The van der Waals surface area contributed by atoms with E-state index in [0.717, 1.165) is 70.3 Å². The van der Waals surface area contributed by atoms with Gasteiger partial charge in [-0.25, -0.2) is 9.97 Å². The van der Waals surface area contributed by atoms with E-state index in [-0.39, 0.29) is 0 Å². The first-order valence-corrected chi connectivity index (χ1v) is 15.6. The molecule has 3 aromatic carbocycles. The molecule has 0 amide bonds. The fourth-order valence-electron chi connectivity index (χ4n) is 5.05. The van der Waals surface area contributed by atoms with E-state index in [4.69, 9.17) is 18.7 Å². The van der Waals surface area contributed by atoms with Crippen LogP contribution in [0.5, 0.6) is 0 Å². The summed E-state index contributed by atoms with van der Waals surface area (Å²) in [6, 6.07) is 25.6. The van der Waals surface area contributed by atoms with Crippen LogP contribution in [0.3, 0.4) is 0 Å². The van der Waals surface area contributed by atoms with Gasteiger partial charge in [0.1, 0.15) is 22.1 Å². The fourth-order valence-corrected chi connectivity index (χ4v) is 7.48. The summed E-state index contributed by atoms with van der Waals surface area (Å²) in [6.45, 7) is 8.19. The van der Waals surface area contributed by atoms with Gasteiger partial charge in [0.05, 0.1) is 28.0 Å². The maximum absolute atomic E-state index is 5.48. The van der Waals surface area contributed by atoms with Crippen LogP contribution in [0.15, 0.2) is 72.8 Å². The lowest BCUT2D eigenvalue weighted by atomic mass is 9.98. The van der Waals surface area contributed by atoms with Gasteiger partial charge in [-0.3, -0.25) is 0 Å². The number of fused-ring (bicyclic) bond motifs is 2. The number of benzene rings is 3. The maximum atomic E-state index is 5.48. The van der Waals surface area contributed by atoms with E-state index in [9.17, 15) is 0 Å². The van der Waals surface area contributed by atoms with Gasteiger partial charge in [0.15, 0.2) is 0 Å². The maximum Gasteiger partial charge on any atom is 0.116 e. The molecule has 198 valence electrons. The molecule has 0 aliphatic heterocycles. The zero-order chi connectivity index (χ0) is 28.1. The molecule has 0 unspecified atom stereocenters. The van der Waals surface area contributed by atoms with Crippen LogP contribution in [-0.2, 0) is 0 Å². The Morgan fingerprint density at radius 2 is 1.07 bits per heavy atom. The Balaban J connectivity index is 1.66. The van der Waals surface area contributed by atoms with Crippen LogP contribution in [0.2, 0.25) is 0 Å². The summed E-state index contributed by atoms with van der Waals surface area (Å²) in [5, 5.41) is 0. The number of aromatic nitrogens is 4. The number of aryl methyl sites for hydroxylation is 3. The molecular formula is C34H24N4S3. The van der Waals surface area contributed by atoms with Gasteiger partial charge >= 0.3 is 0 Å². The lowest BCUT2D eigenvalue weighted by Crippen LogP contribution is -1.99. The van der Waals surface area contributed by atoms with Gasteiger partial charge in [-0.05, 0) is 52.0 Å². The van der Waals surface area contributed by atoms with E-state index in [0.29, 0.717) is 0 Å². The molecule has 4 aromatic heterocycles. The van der Waals surface area contributed by atoms with Crippen molar-refractivity contribution in [2.75, 3.05) is 0 Å². The van der Waals surface area contributed by atoms with Gasteiger partial charge in [0.2, 0.25) is 0 Å². The van der Waals surface area contributed by atoms with Crippen LogP contribution in [0.4, 0.5) is 0 Å². The number of thiophene rings is 2. The van der Waals surface area contributed by atoms with E-state index in [2.05, 4.69) is 105 Å². The Bertz CT molecular complexity index is 2140. The van der Waals surface area contributed by atoms with Crippen molar-refractivity contribution in [1.82, 2.24) is 18.7 Å². The average molecular weight is 585 g/mol. The summed E-state index contributed by atoms with van der Waals surface area (Å²) < 4.78 is 9.67. The monoisotopic (exact) mass is 584 g/mol. The van der Waals surface area contributed by atoms with Gasteiger partial charge in [0, 0.05) is 36.9 Å². The molecule has 0 aliphatic rings. The highest BCUT2D eigenvalue weighted by atomic mass is 32.1. The standard InChI is InChI=1S/C34H24N4S3/c1-5-6-24-16-18-26(40-24)28-32-31(27(25-17-11-21(4)39-25)33-34(28)38-41-37-33)35-29(22-12-7-19(2)8-13-22)30(36-32)23-14-9-20(3)10-15-23/h7-18H,1-4H3. The van der Waals surface area contributed by atoms with Gasteiger partial charge in [0.25, 0.3) is 0 Å². The Labute approximate surface area is 250 Å². The number of nitrogens with zero attached hydrogens (tertiary/aromatic N) is 4. The van der Waals surface area contributed by atoms with Crippen LogP contribution >= 0.6 is 34.4 Å². The fraction of sp³-hybridized carbons (Fsp3) is 0.118. The zero-order valence-corrected chi connectivity index (χ0v) is 25.4. The summed E-state index contributed by atoms with van der Waals surface area (Å²) >= 11 is 4.63. The molecule has 7 heteroatoms. The van der Waals surface area contributed by atoms with Crippen molar-refractivity contribution in [3.8, 4) is 55.2 Å². The molecule has 0 spiro atoms. The molecular weight excluding hydrogens is 561 g/mol. The smallest absolute Gasteiger partial charge is 0.116 e. The molecule has 0 fully saturated rings. The molecule has 0 bridgehead atoms. The van der Waals surface area contributed by atoms with Crippen LogP contribution in [0, 0.1) is 32.6 Å². The Hall–Kier alpha value is -4.22. The minimum absolute atomic E-state index is 0.829. The third-order valence-electron chi connectivity index (χ3n) is 7.07. The minimum Gasteiger partial charge on any atom is -0.243 e. The largest absolute Gasteiger partial charge is 0.243 e. The van der Waals surface area contributed by atoms with Crippen LogP contribution in [-0.4, -0.2) is 18.7 Å². The van der Waals surface area contributed by atoms with Crippen molar-refractivity contribution in [2.24, 2.45) is 0 Å². The predicted molar refractivity (Wildman–Crippen MR) is 175 cm³/mol. The molecule has 4 nitrogen and oxygen atoms in total. The second-order valence-corrected chi connectivity index (χ2v) is 12.9. The zero-order valence-electron chi connectivity index (χ0n) is 22.9. The second kappa shape index (κ2) is 10.3. The molecule has 0 atom stereocenters. The highest BCUT2D eigenvalue weighted by Gasteiger charge is 2.26. The van der Waals surface area contributed by atoms with Crippen molar-refractivity contribution in [3.05, 3.63) is 93.7 Å².